The van der Waals surface area contributed by atoms with Crippen LogP contribution in [0.2, 0.25) is 0 Å². The number of nitrogens with zero attached hydrogens (tertiary/aromatic N) is 4. The first-order chi connectivity index (χ1) is 26.2. The normalized spacial score (nSPS) is 11.4. The molecule has 0 saturated heterocycles. The van der Waals surface area contributed by atoms with Gasteiger partial charge in [0.1, 0.15) is 0 Å². The van der Waals surface area contributed by atoms with E-state index < -0.39 is 0 Å². The van der Waals surface area contributed by atoms with E-state index in [0.717, 1.165) is 61.3 Å². The molecule has 0 aliphatic rings. The van der Waals surface area contributed by atoms with Crippen molar-refractivity contribution >= 4 is 60.3 Å². The maximum atomic E-state index is 5.16. The molecule has 4 nitrogen and oxygen atoms in total. The number of fused-ring (bicyclic) bond motifs is 4. The second-order valence-corrected chi connectivity index (χ2v) is 13.4. The van der Waals surface area contributed by atoms with Gasteiger partial charge in [0.15, 0.2) is 0 Å². The molecule has 10 aromatic rings. The van der Waals surface area contributed by atoms with Crippen LogP contribution in [0.3, 0.4) is 0 Å². The van der Waals surface area contributed by atoms with Crippen LogP contribution in [0.4, 0.5) is 17.1 Å². The summed E-state index contributed by atoms with van der Waals surface area (Å²) in [7, 11) is 0. The molecule has 248 valence electrons. The van der Waals surface area contributed by atoms with E-state index in [1.165, 1.54) is 32.7 Å². The number of rotatable bonds is 6. The van der Waals surface area contributed by atoms with Crippen molar-refractivity contribution in [2.24, 2.45) is 0 Å². The number of hydrogen-bond acceptors (Lipinski definition) is 4. The monoisotopic (exact) mass is 676 g/mol. The highest BCUT2D eigenvalue weighted by atomic mass is 15.1. The van der Waals surface area contributed by atoms with E-state index in [9.17, 15) is 0 Å². The Balaban J connectivity index is 1.06. The molecular formula is C49H32N4. The lowest BCUT2D eigenvalue weighted by Crippen LogP contribution is -2.10. The van der Waals surface area contributed by atoms with Gasteiger partial charge in [0.2, 0.25) is 0 Å². The molecule has 0 N–H and O–H groups in total. The molecule has 0 spiro atoms. The lowest BCUT2D eigenvalue weighted by molar-refractivity contribution is 1.28. The minimum Gasteiger partial charge on any atom is -0.310 e. The predicted octanol–water partition coefficient (Wildman–Crippen LogP) is 13.0. The topological polar surface area (TPSA) is 41.9 Å². The van der Waals surface area contributed by atoms with Crippen LogP contribution in [0.1, 0.15) is 0 Å². The maximum absolute atomic E-state index is 5.16. The summed E-state index contributed by atoms with van der Waals surface area (Å²) in [5.41, 5.74) is 10.4. The second-order valence-electron chi connectivity index (χ2n) is 13.4. The van der Waals surface area contributed by atoms with E-state index in [1.54, 1.807) is 0 Å². The van der Waals surface area contributed by atoms with Gasteiger partial charge in [-0.25, -0.2) is 4.98 Å². The van der Waals surface area contributed by atoms with Gasteiger partial charge in [-0.3, -0.25) is 9.97 Å². The van der Waals surface area contributed by atoms with Crippen LogP contribution in [0.25, 0.3) is 76.9 Å². The second kappa shape index (κ2) is 12.9. The molecule has 3 aromatic heterocycles. The lowest BCUT2D eigenvalue weighted by atomic mass is 9.98. The first kappa shape index (κ1) is 30.6. The highest BCUT2D eigenvalue weighted by Crippen LogP contribution is 2.39. The molecule has 3 heterocycles. The molecule has 0 radical (unpaired) electrons. The zero-order chi connectivity index (χ0) is 35.1. The minimum atomic E-state index is 0.884. The third-order valence-electron chi connectivity index (χ3n) is 10.1. The van der Waals surface area contributed by atoms with E-state index in [-0.39, 0.29) is 0 Å². The SMILES string of the molecule is c1ccc(-c2nc(-c3ccc(N(c4ccc5cnccc5c4)c4ccc5cc(-c6ccc7ccccc7c6)ccc5c4)cc3)cc3cccnc23)cc1. The summed E-state index contributed by atoms with van der Waals surface area (Å²) >= 11 is 0. The molecule has 0 atom stereocenters. The van der Waals surface area contributed by atoms with Gasteiger partial charge in [0, 0.05) is 57.6 Å². The number of pyridine rings is 3. The number of aromatic nitrogens is 3. The van der Waals surface area contributed by atoms with Crippen molar-refractivity contribution in [1.82, 2.24) is 15.0 Å². The van der Waals surface area contributed by atoms with Crippen LogP contribution in [-0.4, -0.2) is 15.0 Å². The van der Waals surface area contributed by atoms with Crippen LogP contribution >= 0.6 is 0 Å². The minimum absolute atomic E-state index is 0.884. The molecule has 0 amide bonds. The Morgan fingerprint density at radius 3 is 1.74 bits per heavy atom. The molecule has 7 aromatic carbocycles. The standard InChI is InChI=1S/C49H32N4/c1-2-8-35(9-3-1)49-48-42(11-6-25-51-48)31-47(52-49)34-16-20-44(21-17-34)53(46-23-19-43-32-50-26-24-41(43)30-46)45-22-18-39-28-38(14-15-40(39)29-45)37-13-12-33-7-4-5-10-36(33)27-37/h1-32H. The molecular weight excluding hydrogens is 645 g/mol. The van der Waals surface area contributed by atoms with E-state index in [0.29, 0.717) is 0 Å². The molecule has 53 heavy (non-hydrogen) atoms. The fourth-order valence-corrected chi connectivity index (χ4v) is 7.39. The Labute approximate surface area is 307 Å². The predicted molar refractivity (Wildman–Crippen MR) is 221 cm³/mol. The molecule has 0 saturated carbocycles. The van der Waals surface area contributed by atoms with Crippen LogP contribution in [-0.2, 0) is 0 Å². The van der Waals surface area contributed by atoms with Crippen molar-refractivity contribution in [2.45, 2.75) is 0 Å². The summed E-state index contributed by atoms with van der Waals surface area (Å²) in [5, 5.41) is 8.19. The van der Waals surface area contributed by atoms with Crippen LogP contribution in [0.15, 0.2) is 195 Å². The Bertz CT molecular complexity index is 2950. The van der Waals surface area contributed by atoms with Gasteiger partial charge in [-0.15, -0.1) is 0 Å². The molecule has 10 rings (SSSR count). The molecule has 4 heteroatoms. The van der Waals surface area contributed by atoms with Crippen molar-refractivity contribution in [3.05, 3.63) is 195 Å². The fraction of sp³-hybridized carbons (Fsp3) is 0. The lowest BCUT2D eigenvalue weighted by Gasteiger charge is -2.26. The van der Waals surface area contributed by atoms with Crippen molar-refractivity contribution < 1.29 is 0 Å². The number of hydrogen-bond donors (Lipinski definition) is 0. The third kappa shape index (κ3) is 5.73. The molecule has 0 aliphatic carbocycles. The Hall–Kier alpha value is -7.17. The average molecular weight is 677 g/mol. The highest BCUT2D eigenvalue weighted by molar-refractivity contribution is 5.96. The van der Waals surface area contributed by atoms with Crippen LogP contribution < -0.4 is 4.90 Å². The van der Waals surface area contributed by atoms with Gasteiger partial charge in [-0.05, 0) is 105 Å². The van der Waals surface area contributed by atoms with Gasteiger partial charge < -0.3 is 4.90 Å². The summed E-state index contributed by atoms with van der Waals surface area (Å²) in [6.45, 7) is 0. The van der Waals surface area contributed by atoms with Crippen LogP contribution in [0, 0.1) is 0 Å². The Morgan fingerprint density at radius 1 is 0.358 bits per heavy atom. The van der Waals surface area contributed by atoms with Gasteiger partial charge in [-0.2, -0.15) is 0 Å². The molecule has 0 unspecified atom stereocenters. The number of anilines is 3. The first-order valence-electron chi connectivity index (χ1n) is 17.8. The first-order valence-corrected chi connectivity index (χ1v) is 17.8. The van der Waals surface area contributed by atoms with Gasteiger partial charge in [0.05, 0.1) is 16.9 Å². The quantitative estimate of drug-likeness (QED) is 0.176. The van der Waals surface area contributed by atoms with Crippen molar-refractivity contribution in [3.8, 4) is 33.6 Å². The van der Waals surface area contributed by atoms with Crippen molar-refractivity contribution in [1.29, 1.82) is 0 Å². The molecule has 0 bridgehead atoms. The zero-order valence-corrected chi connectivity index (χ0v) is 28.8. The Morgan fingerprint density at radius 2 is 0.943 bits per heavy atom. The van der Waals surface area contributed by atoms with Crippen molar-refractivity contribution in [2.75, 3.05) is 4.90 Å². The van der Waals surface area contributed by atoms with E-state index >= 15 is 0 Å². The van der Waals surface area contributed by atoms with Crippen LogP contribution in [0.5, 0.6) is 0 Å². The third-order valence-corrected chi connectivity index (χ3v) is 10.1. The van der Waals surface area contributed by atoms with E-state index in [2.05, 4.69) is 162 Å². The fourth-order valence-electron chi connectivity index (χ4n) is 7.39. The van der Waals surface area contributed by atoms with Crippen molar-refractivity contribution in [3.63, 3.8) is 0 Å². The summed E-state index contributed by atoms with van der Waals surface area (Å²) < 4.78 is 0. The summed E-state index contributed by atoms with van der Waals surface area (Å²) in [6.07, 6.45) is 5.60. The van der Waals surface area contributed by atoms with Gasteiger partial charge in [0.25, 0.3) is 0 Å². The van der Waals surface area contributed by atoms with Gasteiger partial charge >= 0.3 is 0 Å². The Kier molecular flexibility index (Phi) is 7.43. The smallest absolute Gasteiger partial charge is 0.0972 e. The maximum Gasteiger partial charge on any atom is 0.0972 e. The van der Waals surface area contributed by atoms with E-state index in [1.807, 2.05) is 42.9 Å². The van der Waals surface area contributed by atoms with E-state index in [4.69, 9.17) is 9.97 Å². The van der Waals surface area contributed by atoms with Gasteiger partial charge in [-0.1, -0.05) is 109 Å². The largest absolute Gasteiger partial charge is 0.310 e. The zero-order valence-electron chi connectivity index (χ0n) is 28.8. The average Bonchev–Trinajstić information content (AvgIpc) is 3.23. The summed E-state index contributed by atoms with van der Waals surface area (Å²) in [5.74, 6) is 0. The highest BCUT2D eigenvalue weighted by Gasteiger charge is 2.16. The number of benzene rings is 7. The summed E-state index contributed by atoms with van der Waals surface area (Å²) in [6, 6.07) is 62.6. The molecule has 0 aliphatic heterocycles. The molecule has 0 fully saturated rings. The summed E-state index contributed by atoms with van der Waals surface area (Å²) in [4.78, 5) is 16.5.